The van der Waals surface area contributed by atoms with E-state index < -0.39 is 23.9 Å². The lowest BCUT2D eigenvalue weighted by Crippen LogP contribution is -2.17. The van der Waals surface area contributed by atoms with Gasteiger partial charge in [-0.05, 0) is 35.9 Å². The smallest absolute Gasteiger partial charge is 0.405 e. The summed E-state index contributed by atoms with van der Waals surface area (Å²) in [5.41, 5.74) is -1.04. The molecule has 0 amide bonds. The van der Waals surface area contributed by atoms with Gasteiger partial charge in [0.1, 0.15) is 5.75 Å². The molecule has 0 saturated heterocycles. The van der Waals surface area contributed by atoms with E-state index in [4.69, 9.17) is 6.42 Å². The summed E-state index contributed by atoms with van der Waals surface area (Å²) in [5, 5.41) is 0. The molecule has 0 heterocycles. The van der Waals surface area contributed by atoms with Crippen LogP contribution in [0.15, 0.2) is 42.5 Å². The number of halogens is 6. The number of alkyl halides is 6. The van der Waals surface area contributed by atoms with E-state index in [1.807, 2.05) is 0 Å². The van der Waals surface area contributed by atoms with E-state index in [0.717, 1.165) is 30.3 Å². The van der Waals surface area contributed by atoms with Gasteiger partial charge in [-0.25, -0.2) is 0 Å². The summed E-state index contributed by atoms with van der Waals surface area (Å²) in [7, 11) is 0. The molecule has 0 aromatic heterocycles. The fourth-order valence-electron chi connectivity index (χ4n) is 1.92. The predicted octanol–water partition coefficient (Wildman–Crippen LogP) is 5.25. The normalized spacial score (nSPS) is 11.9. The van der Waals surface area contributed by atoms with Crippen LogP contribution in [-0.4, -0.2) is 6.36 Å². The highest BCUT2D eigenvalue weighted by molar-refractivity contribution is 5.72. The van der Waals surface area contributed by atoms with E-state index >= 15 is 0 Å². The molecule has 1 nitrogen and oxygen atoms in total. The highest BCUT2D eigenvalue weighted by Gasteiger charge is 2.33. The molecule has 0 bridgehead atoms. The Morgan fingerprint density at radius 3 is 2.17 bits per heavy atom. The van der Waals surface area contributed by atoms with Gasteiger partial charge < -0.3 is 4.74 Å². The van der Waals surface area contributed by atoms with Crippen LogP contribution < -0.4 is 4.74 Å². The first kappa shape index (κ1) is 16.7. The average Bonchev–Trinajstić information content (AvgIpc) is 2.45. The molecule has 0 fully saturated rings. The molecule has 0 aliphatic rings. The minimum absolute atomic E-state index is 0.0869. The summed E-state index contributed by atoms with van der Waals surface area (Å²) >= 11 is 0. The first-order chi connectivity index (χ1) is 10.6. The van der Waals surface area contributed by atoms with Crippen molar-refractivity contribution in [1.82, 2.24) is 0 Å². The minimum Gasteiger partial charge on any atom is -0.405 e. The Balaban J connectivity index is 2.59. The van der Waals surface area contributed by atoms with Crippen LogP contribution in [0.3, 0.4) is 0 Å². The molecule has 0 aliphatic heterocycles. The molecule has 23 heavy (non-hydrogen) atoms. The van der Waals surface area contributed by atoms with Crippen molar-refractivity contribution in [2.24, 2.45) is 0 Å². The molecule has 2 rings (SSSR count). The van der Waals surface area contributed by atoms with Crippen molar-refractivity contribution >= 4 is 0 Å². The Bertz CT molecular complexity index is 752. The Hall–Kier alpha value is -2.62. The van der Waals surface area contributed by atoms with Gasteiger partial charge in [-0.2, -0.15) is 13.2 Å². The second-order valence-electron chi connectivity index (χ2n) is 4.48. The zero-order valence-corrected chi connectivity index (χ0v) is 11.3. The van der Waals surface area contributed by atoms with Gasteiger partial charge in [-0.15, -0.1) is 19.6 Å². The fraction of sp³-hybridized carbons (Fsp3) is 0.125. The summed E-state index contributed by atoms with van der Waals surface area (Å²) in [6, 6.07) is 7.23. The van der Waals surface area contributed by atoms with Crippen LogP contribution in [0.4, 0.5) is 26.3 Å². The molecular formula is C16H8F6O. The molecule has 0 aliphatic carbocycles. The number of hydrogen-bond donors (Lipinski definition) is 0. The van der Waals surface area contributed by atoms with Crippen LogP contribution in [-0.2, 0) is 6.18 Å². The van der Waals surface area contributed by atoms with Gasteiger partial charge in [-0.1, -0.05) is 18.1 Å². The summed E-state index contributed by atoms with van der Waals surface area (Å²) in [6.45, 7) is 0. The molecule has 0 radical (unpaired) electrons. The maximum absolute atomic E-state index is 12.8. The van der Waals surface area contributed by atoms with E-state index in [1.54, 1.807) is 0 Å². The summed E-state index contributed by atoms with van der Waals surface area (Å²) in [4.78, 5) is 0. The van der Waals surface area contributed by atoms with Crippen molar-refractivity contribution in [2.45, 2.75) is 12.5 Å². The van der Waals surface area contributed by atoms with Gasteiger partial charge in [0.15, 0.2) is 0 Å². The van der Waals surface area contributed by atoms with Crippen molar-refractivity contribution in [1.29, 1.82) is 0 Å². The van der Waals surface area contributed by atoms with Gasteiger partial charge in [0.25, 0.3) is 0 Å². The predicted molar refractivity (Wildman–Crippen MR) is 71.5 cm³/mol. The third-order valence-corrected chi connectivity index (χ3v) is 2.87. The first-order valence-corrected chi connectivity index (χ1v) is 6.14. The number of ether oxygens (including phenoxy) is 1. The Kier molecular flexibility index (Phi) is 4.28. The minimum atomic E-state index is -4.98. The van der Waals surface area contributed by atoms with Crippen LogP contribution in [0.5, 0.6) is 5.75 Å². The van der Waals surface area contributed by atoms with Crippen LogP contribution in [0, 0.1) is 12.3 Å². The Morgan fingerprint density at radius 2 is 1.61 bits per heavy atom. The van der Waals surface area contributed by atoms with E-state index in [-0.39, 0.29) is 16.7 Å². The van der Waals surface area contributed by atoms with Crippen LogP contribution >= 0.6 is 0 Å². The lowest BCUT2D eigenvalue weighted by atomic mass is 10.00. The highest BCUT2D eigenvalue weighted by Crippen LogP contribution is 2.37. The molecule has 2 aromatic carbocycles. The lowest BCUT2D eigenvalue weighted by molar-refractivity contribution is -0.274. The summed E-state index contributed by atoms with van der Waals surface area (Å²) in [5.74, 6) is 1.58. The maximum Gasteiger partial charge on any atom is 0.573 e. The van der Waals surface area contributed by atoms with Gasteiger partial charge in [0.2, 0.25) is 0 Å². The molecule has 0 N–H and O–H groups in total. The Morgan fingerprint density at radius 1 is 0.913 bits per heavy atom. The van der Waals surface area contributed by atoms with Crippen LogP contribution in [0.2, 0.25) is 0 Å². The van der Waals surface area contributed by atoms with Crippen LogP contribution in [0.1, 0.15) is 11.1 Å². The van der Waals surface area contributed by atoms with Crippen molar-refractivity contribution in [3.8, 4) is 29.2 Å². The second-order valence-corrected chi connectivity index (χ2v) is 4.48. The van der Waals surface area contributed by atoms with Crippen molar-refractivity contribution < 1.29 is 31.1 Å². The van der Waals surface area contributed by atoms with Crippen molar-refractivity contribution in [3.05, 3.63) is 53.6 Å². The van der Waals surface area contributed by atoms with Gasteiger partial charge in [0, 0.05) is 11.1 Å². The standard InChI is InChI=1S/C16H8F6O/c1-2-10-6-7-14(23-16(20,21)22)13(8-10)11-4-3-5-12(9-11)15(17,18)19/h1,3-9H. The quantitative estimate of drug-likeness (QED) is 0.540. The third-order valence-electron chi connectivity index (χ3n) is 2.87. The summed E-state index contributed by atoms with van der Waals surface area (Å²) < 4.78 is 79.5. The zero-order valence-electron chi connectivity index (χ0n) is 11.3. The topological polar surface area (TPSA) is 9.23 Å². The maximum atomic E-state index is 12.8. The molecule has 120 valence electrons. The third kappa shape index (κ3) is 4.19. The first-order valence-electron chi connectivity index (χ1n) is 6.14. The molecule has 0 unspecified atom stereocenters. The molecule has 2 aromatic rings. The molecule has 0 saturated carbocycles. The van der Waals surface area contributed by atoms with E-state index in [1.165, 1.54) is 12.1 Å². The number of benzene rings is 2. The molecule has 0 spiro atoms. The van der Waals surface area contributed by atoms with E-state index in [9.17, 15) is 26.3 Å². The van der Waals surface area contributed by atoms with E-state index in [0.29, 0.717) is 0 Å². The largest absolute Gasteiger partial charge is 0.573 e. The van der Waals surface area contributed by atoms with Crippen molar-refractivity contribution in [3.63, 3.8) is 0 Å². The SMILES string of the molecule is C#Cc1ccc(OC(F)(F)F)c(-c2cccc(C(F)(F)F)c2)c1. The van der Waals surface area contributed by atoms with E-state index in [2.05, 4.69) is 10.7 Å². The summed E-state index contributed by atoms with van der Waals surface area (Å²) in [6.07, 6.45) is -4.42. The number of hydrogen-bond acceptors (Lipinski definition) is 1. The molecule has 0 atom stereocenters. The van der Waals surface area contributed by atoms with Crippen LogP contribution in [0.25, 0.3) is 11.1 Å². The van der Waals surface area contributed by atoms with Crippen molar-refractivity contribution in [2.75, 3.05) is 0 Å². The van der Waals surface area contributed by atoms with Gasteiger partial charge in [-0.3, -0.25) is 0 Å². The zero-order chi connectivity index (χ0) is 17.3. The highest BCUT2D eigenvalue weighted by atomic mass is 19.4. The molecule has 7 heteroatoms. The van der Waals surface area contributed by atoms with Gasteiger partial charge >= 0.3 is 12.5 Å². The monoisotopic (exact) mass is 330 g/mol. The second kappa shape index (κ2) is 5.88. The lowest BCUT2D eigenvalue weighted by Gasteiger charge is -2.15. The van der Waals surface area contributed by atoms with Gasteiger partial charge in [0.05, 0.1) is 5.56 Å². The average molecular weight is 330 g/mol. The number of rotatable bonds is 2. The number of terminal acetylenes is 1. The Labute approximate surface area is 127 Å². The fourth-order valence-corrected chi connectivity index (χ4v) is 1.92. The molecular weight excluding hydrogens is 322 g/mol.